The van der Waals surface area contributed by atoms with Crippen LogP contribution in [0, 0.1) is 10.1 Å². The molecule has 1 unspecified atom stereocenters. The van der Waals surface area contributed by atoms with Crippen molar-refractivity contribution in [2.45, 2.75) is 18.2 Å². The van der Waals surface area contributed by atoms with Crippen molar-refractivity contribution in [2.75, 3.05) is 39.3 Å². The number of piperazine rings is 1. The van der Waals surface area contributed by atoms with Crippen molar-refractivity contribution in [3.05, 3.63) is 39.9 Å². The third-order valence-electron chi connectivity index (χ3n) is 4.68. The van der Waals surface area contributed by atoms with Gasteiger partial charge in [-0.3, -0.25) is 15.0 Å². The zero-order chi connectivity index (χ0) is 17.2. The van der Waals surface area contributed by atoms with Crippen molar-refractivity contribution in [2.24, 2.45) is 0 Å². The van der Waals surface area contributed by atoms with Crippen LogP contribution in [0.5, 0.6) is 0 Å². The van der Waals surface area contributed by atoms with E-state index in [2.05, 4.69) is 10.2 Å². The van der Waals surface area contributed by atoms with Gasteiger partial charge >= 0.3 is 0 Å². The number of sulfonamides is 1. The minimum atomic E-state index is -3.40. The molecule has 0 bridgehead atoms. The normalized spacial score (nSPS) is 22.5. The molecule has 140 valence electrons. The first-order valence-electron chi connectivity index (χ1n) is 8.11. The molecule has 1 atom stereocenters. The average Bonchev–Trinajstić information content (AvgIpc) is 3.07. The molecule has 8 nitrogen and oxygen atoms in total. The van der Waals surface area contributed by atoms with E-state index in [4.69, 9.17) is 0 Å². The Bertz CT molecular complexity index is 692. The summed E-state index contributed by atoms with van der Waals surface area (Å²) in [5, 5.41) is 14.0. The summed E-state index contributed by atoms with van der Waals surface area (Å²) < 4.78 is 26.8. The Morgan fingerprint density at radius 1 is 1.16 bits per heavy atom. The maximum atomic E-state index is 12.6. The highest BCUT2D eigenvalue weighted by atomic mass is 35.5. The van der Waals surface area contributed by atoms with Crippen molar-refractivity contribution >= 4 is 28.1 Å². The SMILES string of the molecule is Cl.O=[N+]([O-])c1ccc(CS(=O)(=O)N2CCC(N3CCNCC3)C2)cc1. The number of rotatable bonds is 5. The fourth-order valence-electron chi connectivity index (χ4n) is 3.32. The molecule has 1 aromatic rings. The fourth-order valence-corrected chi connectivity index (χ4v) is 4.90. The summed E-state index contributed by atoms with van der Waals surface area (Å²) in [6.45, 7) is 4.90. The molecular formula is C15H23ClN4O4S. The first kappa shape index (κ1) is 20.1. The lowest BCUT2D eigenvalue weighted by Crippen LogP contribution is -2.49. The van der Waals surface area contributed by atoms with E-state index in [1.54, 1.807) is 4.31 Å². The summed E-state index contributed by atoms with van der Waals surface area (Å²) in [4.78, 5) is 12.5. The van der Waals surface area contributed by atoms with E-state index in [0.29, 0.717) is 24.7 Å². The Morgan fingerprint density at radius 3 is 2.40 bits per heavy atom. The van der Waals surface area contributed by atoms with Gasteiger partial charge in [-0.05, 0) is 12.0 Å². The van der Waals surface area contributed by atoms with Crippen LogP contribution < -0.4 is 5.32 Å². The van der Waals surface area contributed by atoms with E-state index in [1.165, 1.54) is 24.3 Å². The molecule has 25 heavy (non-hydrogen) atoms. The number of nitrogens with zero attached hydrogens (tertiary/aromatic N) is 3. The molecule has 10 heteroatoms. The monoisotopic (exact) mass is 390 g/mol. The largest absolute Gasteiger partial charge is 0.314 e. The number of hydrogen-bond donors (Lipinski definition) is 1. The molecule has 0 aromatic heterocycles. The topological polar surface area (TPSA) is 95.8 Å². The molecule has 2 aliphatic heterocycles. The molecule has 0 radical (unpaired) electrons. The predicted octanol–water partition coefficient (Wildman–Crippen LogP) is 0.826. The summed E-state index contributed by atoms with van der Waals surface area (Å²) in [5.41, 5.74) is 0.544. The van der Waals surface area contributed by atoms with E-state index in [-0.39, 0.29) is 23.8 Å². The van der Waals surface area contributed by atoms with Crippen LogP contribution in [0.25, 0.3) is 0 Å². The molecule has 0 amide bonds. The summed E-state index contributed by atoms with van der Waals surface area (Å²) in [5.74, 6) is -0.112. The van der Waals surface area contributed by atoms with E-state index >= 15 is 0 Å². The summed E-state index contributed by atoms with van der Waals surface area (Å²) >= 11 is 0. The predicted molar refractivity (Wildman–Crippen MR) is 97.4 cm³/mol. The Balaban J connectivity index is 0.00000225. The smallest absolute Gasteiger partial charge is 0.269 e. The molecule has 0 saturated carbocycles. The van der Waals surface area contributed by atoms with E-state index in [0.717, 1.165) is 32.6 Å². The molecular weight excluding hydrogens is 368 g/mol. The number of nitro groups is 1. The van der Waals surface area contributed by atoms with Crippen LogP contribution in [0.4, 0.5) is 5.69 Å². The number of non-ortho nitro benzene ring substituents is 1. The van der Waals surface area contributed by atoms with Crippen LogP contribution in [0.15, 0.2) is 24.3 Å². The summed E-state index contributed by atoms with van der Waals surface area (Å²) in [6.07, 6.45) is 0.861. The van der Waals surface area contributed by atoms with Gasteiger partial charge in [0.2, 0.25) is 10.0 Å². The number of benzene rings is 1. The first-order chi connectivity index (χ1) is 11.5. The van der Waals surface area contributed by atoms with Crippen molar-refractivity contribution in [1.82, 2.24) is 14.5 Å². The lowest BCUT2D eigenvalue weighted by atomic mass is 10.2. The van der Waals surface area contributed by atoms with E-state index in [9.17, 15) is 18.5 Å². The van der Waals surface area contributed by atoms with Crippen molar-refractivity contribution < 1.29 is 13.3 Å². The van der Waals surface area contributed by atoms with Gasteiger partial charge in [-0.15, -0.1) is 12.4 Å². The van der Waals surface area contributed by atoms with Crippen LogP contribution >= 0.6 is 12.4 Å². The Morgan fingerprint density at radius 2 is 1.80 bits per heavy atom. The Hall–Kier alpha value is -1.26. The maximum absolute atomic E-state index is 12.6. The van der Waals surface area contributed by atoms with Crippen LogP contribution in [0.2, 0.25) is 0 Å². The van der Waals surface area contributed by atoms with E-state index < -0.39 is 14.9 Å². The molecule has 0 spiro atoms. The van der Waals surface area contributed by atoms with Gasteiger partial charge < -0.3 is 5.32 Å². The first-order valence-corrected chi connectivity index (χ1v) is 9.72. The molecule has 2 heterocycles. The van der Waals surface area contributed by atoms with Crippen molar-refractivity contribution in [1.29, 1.82) is 0 Å². The molecule has 2 saturated heterocycles. The number of halogens is 1. The number of nitro benzene ring substituents is 1. The Kier molecular flexibility index (Phi) is 6.75. The van der Waals surface area contributed by atoms with Crippen LogP contribution in [-0.4, -0.2) is 67.9 Å². The highest BCUT2D eigenvalue weighted by molar-refractivity contribution is 7.88. The number of nitrogens with one attached hydrogen (secondary N) is 1. The Labute approximate surface area is 153 Å². The third-order valence-corrected chi connectivity index (χ3v) is 6.50. The van der Waals surface area contributed by atoms with Gasteiger partial charge in [-0.2, -0.15) is 0 Å². The lowest BCUT2D eigenvalue weighted by Gasteiger charge is -2.32. The molecule has 0 aliphatic carbocycles. The van der Waals surface area contributed by atoms with Crippen LogP contribution in [0.1, 0.15) is 12.0 Å². The minimum Gasteiger partial charge on any atom is -0.314 e. The van der Waals surface area contributed by atoms with E-state index in [1.807, 2.05) is 0 Å². The van der Waals surface area contributed by atoms with Gasteiger partial charge in [0.05, 0.1) is 10.7 Å². The van der Waals surface area contributed by atoms with Crippen LogP contribution in [0.3, 0.4) is 0 Å². The number of hydrogen-bond acceptors (Lipinski definition) is 6. The average molecular weight is 391 g/mol. The van der Waals surface area contributed by atoms with Crippen LogP contribution in [-0.2, 0) is 15.8 Å². The highest BCUT2D eigenvalue weighted by Crippen LogP contribution is 2.22. The van der Waals surface area contributed by atoms with Crippen molar-refractivity contribution in [3.63, 3.8) is 0 Å². The second-order valence-electron chi connectivity index (χ2n) is 6.27. The van der Waals surface area contributed by atoms with Gasteiger partial charge in [0.1, 0.15) is 0 Å². The second kappa shape index (κ2) is 8.41. The zero-order valence-corrected chi connectivity index (χ0v) is 15.5. The molecule has 1 N–H and O–H groups in total. The third kappa shape index (κ3) is 4.89. The minimum absolute atomic E-state index is 0. The zero-order valence-electron chi connectivity index (χ0n) is 13.8. The van der Waals surface area contributed by atoms with Gasteiger partial charge in [-0.1, -0.05) is 12.1 Å². The quantitative estimate of drug-likeness (QED) is 0.591. The maximum Gasteiger partial charge on any atom is 0.269 e. The summed E-state index contributed by atoms with van der Waals surface area (Å²) in [6, 6.07) is 6.01. The highest BCUT2D eigenvalue weighted by Gasteiger charge is 2.34. The molecule has 3 rings (SSSR count). The summed E-state index contributed by atoms with van der Waals surface area (Å²) in [7, 11) is -3.40. The molecule has 2 fully saturated rings. The van der Waals surface area contributed by atoms with Gasteiger partial charge in [0, 0.05) is 57.4 Å². The molecule has 1 aromatic carbocycles. The van der Waals surface area contributed by atoms with Gasteiger partial charge in [-0.25, -0.2) is 12.7 Å². The van der Waals surface area contributed by atoms with Crippen molar-refractivity contribution in [3.8, 4) is 0 Å². The fraction of sp³-hybridized carbons (Fsp3) is 0.600. The lowest BCUT2D eigenvalue weighted by molar-refractivity contribution is -0.384. The second-order valence-corrected chi connectivity index (χ2v) is 8.24. The van der Waals surface area contributed by atoms with Gasteiger partial charge in [0.25, 0.3) is 5.69 Å². The standard InChI is InChI=1S/C15H22N4O4S.ClH/c20-19(21)14-3-1-13(2-4-14)12-24(22,23)18-8-5-15(11-18)17-9-6-16-7-10-17;/h1-4,15-16H,5-12H2;1H. The molecule has 2 aliphatic rings. The van der Waals surface area contributed by atoms with Gasteiger partial charge in [0.15, 0.2) is 0 Å².